The van der Waals surface area contributed by atoms with Crippen molar-refractivity contribution >= 4 is 11.8 Å². The van der Waals surface area contributed by atoms with Crippen LogP contribution in [0.4, 0.5) is 0 Å². The Morgan fingerprint density at radius 2 is 1.91 bits per heavy atom. The molecule has 1 aliphatic carbocycles. The van der Waals surface area contributed by atoms with E-state index in [1.807, 2.05) is 30.0 Å². The van der Waals surface area contributed by atoms with Gasteiger partial charge in [-0.25, -0.2) is 0 Å². The molecule has 1 aliphatic heterocycles. The van der Waals surface area contributed by atoms with Gasteiger partial charge in [0.1, 0.15) is 0 Å². The minimum Gasteiger partial charge on any atom is -0.348 e. The monoisotopic (exact) mass is 307 g/mol. The molecule has 2 rings (SSSR count). The number of carbonyl (C=O) groups is 2. The van der Waals surface area contributed by atoms with Gasteiger partial charge in [0.15, 0.2) is 0 Å². The summed E-state index contributed by atoms with van der Waals surface area (Å²) in [6.07, 6.45) is 10.0. The van der Waals surface area contributed by atoms with Crippen LogP contribution in [0.15, 0.2) is 12.2 Å². The van der Waals surface area contributed by atoms with Gasteiger partial charge in [0, 0.05) is 37.7 Å². The molecule has 5 heteroatoms. The maximum absolute atomic E-state index is 12.5. The van der Waals surface area contributed by atoms with E-state index in [0.29, 0.717) is 12.5 Å². The molecule has 1 atom stereocenters. The highest BCUT2D eigenvalue weighted by Crippen LogP contribution is 2.26. The van der Waals surface area contributed by atoms with Gasteiger partial charge in [-0.2, -0.15) is 0 Å². The van der Waals surface area contributed by atoms with E-state index in [2.05, 4.69) is 5.32 Å². The van der Waals surface area contributed by atoms with E-state index in [1.54, 1.807) is 6.08 Å². The summed E-state index contributed by atoms with van der Waals surface area (Å²) < 4.78 is 0. The molecule has 124 valence electrons. The Bertz CT molecular complexity index is 414. The highest BCUT2D eigenvalue weighted by atomic mass is 16.2. The van der Waals surface area contributed by atoms with Crippen LogP contribution in [0.1, 0.15) is 38.5 Å². The van der Waals surface area contributed by atoms with Gasteiger partial charge in [-0.1, -0.05) is 25.3 Å². The second kappa shape index (κ2) is 8.32. The number of likely N-dealkylation sites (N-methyl/N-ethyl adjacent to an activating group) is 1. The van der Waals surface area contributed by atoms with Crippen LogP contribution >= 0.6 is 0 Å². The zero-order valence-electron chi connectivity index (χ0n) is 13.9. The molecule has 0 spiro atoms. The van der Waals surface area contributed by atoms with Crippen molar-refractivity contribution in [3.63, 3.8) is 0 Å². The van der Waals surface area contributed by atoms with Crippen LogP contribution in [-0.4, -0.2) is 61.4 Å². The van der Waals surface area contributed by atoms with Gasteiger partial charge < -0.3 is 15.1 Å². The normalized spacial score (nSPS) is 23.4. The molecule has 0 aromatic carbocycles. The molecule has 0 radical (unpaired) electrons. The van der Waals surface area contributed by atoms with E-state index >= 15 is 0 Å². The maximum Gasteiger partial charge on any atom is 0.243 e. The topological polar surface area (TPSA) is 52.7 Å². The van der Waals surface area contributed by atoms with E-state index in [9.17, 15) is 9.59 Å². The van der Waals surface area contributed by atoms with Crippen molar-refractivity contribution in [2.75, 3.05) is 33.7 Å². The minimum atomic E-state index is -0.0567. The van der Waals surface area contributed by atoms with Crippen molar-refractivity contribution in [3.05, 3.63) is 12.2 Å². The lowest BCUT2D eigenvalue weighted by Gasteiger charge is -2.26. The summed E-state index contributed by atoms with van der Waals surface area (Å²) in [7, 11) is 3.93. The van der Waals surface area contributed by atoms with Crippen molar-refractivity contribution in [2.45, 2.75) is 44.6 Å². The first-order chi connectivity index (χ1) is 10.6. The molecule has 0 bridgehead atoms. The Labute approximate surface area is 133 Å². The second-order valence-electron chi connectivity index (χ2n) is 6.78. The fourth-order valence-corrected chi connectivity index (χ4v) is 3.31. The summed E-state index contributed by atoms with van der Waals surface area (Å²) in [5.41, 5.74) is 0. The van der Waals surface area contributed by atoms with Crippen LogP contribution in [0.5, 0.6) is 0 Å². The number of nitrogens with zero attached hydrogens (tertiary/aromatic N) is 2. The first kappa shape index (κ1) is 17.0. The fraction of sp³-hybridized carbons (Fsp3) is 0.765. The van der Waals surface area contributed by atoms with Gasteiger partial charge in [-0.15, -0.1) is 0 Å². The van der Waals surface area contributed by atoms with Crippen molar-refractivity contribution in [3.8, 4) is 0 Å². The predicted octanol–water partition coefficient (Wildman–Crippen LogP) is 1.40. The molecule has 22 heavy (non-hydrogen) atoms. The zero-order chi connectivity index (χ0) is 15.9. The van der Waals surface area contributed by atoms with Crippen molar-refractivity contribution < 1.29 is 9.59 Å². The number of hydrogen-bond acceptors (Lipinski definition) is 3. The van der Waals surface area contributed by atoms with Crippen LogP contribution in [-0.2, 0) is 9.59 Å². The highest BCUT2D eigenvalue weighted by molar-refractivity contribution is 5.88. The third-order valence-electron chi connectivity index (χ3n) is 4.54. The Morgan fingerprint density at radius 1 is 1.18 bits per heavy atom. The zero-order valence-corrected chi connectivity index (χ0v) is 13.9. The van der Waals surface area contributed by atoms with Crippen molar-refractivity contribution in [2.24, 2.45) is 5.92 Å². The molecule has 0 aromatic rings. The number of hydrogen-bond donors (Lipinski definition) is 1. The average Bonchev–Trinajstić information content (AvgIpc) is 2.95. The fourth-order valence-electron chi connectivity index (χ4n) is 3.31. The molecule has 5 nitrogen and oxygen atoms in total. The summed E-state index contributed by atoms with van der Waals surface area (Å²) >= 11 is 0. The second-order valence-corrected chi connectivity index (χ2v) is 6.78. The number of rotatable bonds is 5. The Hall–Kier alpha value is -1.36. The SMILES string of the molecule is CN(C)C/C=C/C(=O)NC1CCN(C(=O)C2CCCCC2)C1. The molecule has 1 saturated heterocycles. The quantitative estimate of drug-likeness (QED) is 0.781. The molecule has 2 aliphatic rings. The van der Waals surface area contributed by atoms with E-state index < -0.39 is 0 Å². The average molecular weight is 307 g/mol. The van der Waals surface area contributed by atoms with Gasteiger partial charge in [-0.05, 0) is 33.4 Å². The lowest BCUT2D eigenvalue weighted by Crippen LogP contribution is -2.40. The third-order valence-corrected chi connectivity index (χ3v) is 4.54. The van der Waals surface area contributed by atoms with Gasteiger partial charge in [0.2, 0.25) is 11.8 Å². The first-order valence-electron chi connectivity index (χ1n) is 8.47. The van der Waals surface area contributed by atoms with Gasteiger partial charge >= 0.3 is 0 Å². The number of likely N-dealkylation sites (tertiary alicyclic amines) is 1. The molecule has 1 heterocycles. The van der Waals surface area contributed by atoms with Gasteiger partial charge in [-0.3, -0.25) is 9.59 Å². The van der Waals surface area contributed by atoms with Gasteiger partial charge in [0.05, 0.1) is 0 Å². The molecule has 1 N–H and O–H groups in total. The van der Waals surface area contributed by atoms with Crippen LogP contribution in [0.2, 0.25) is 0 Å². The summed E-state index contributed by atoms with van der Waals surface area (Å²) in [5.74, 6) is 0.474. The van der Waals surface area contributed by atoms with E-state index in [4.69, 9.17) is 0 Å². The highest BCUT2D eigenvalue weighted by Gasteiger charge is 2.31. The third kappa shape index (κ3) is 5.13. The first-order valence-corrected chi connectivity index (χ1v) is 8.47. The van der Waals surface area contributed by atoms with Crippen LogP contribution in [0, 0.1) is 5.92 Å². The van der Waals surface area contributed by atoms with Crippen molar-refractivity contribution in [1.82, 2.24) is 15.1 Å². The number of carbonyl (C=O) groups excluding carboxylic acids is 2. The lowest BCUT2D eigenvalue weighted by atomic mass is 9.88. The van der Waals surface area contributed by atoms with E-state index in [-0.39, 0.29) is 17.9 Å². The number of nitrogens with one attached hydrogen (secondary N) is 1. The molecule has 1 unspecified atom stereocenters. The van der Waals surface area contributed by atoms with Crippen LogP contribution < -0.4 is 5.32 Å². The van der Waals surface area contributed by atoms with Crippen LogP contribution in [0.3, 0.4) is 0 Å². The lowest BCUT2D eigenvalue weighted by molar-refractivity contribution is -0.135. The maximum atomic E-state index is 12.5. The largest absolute Gasteiger partial charge is 0.348 e. The Morgan fingerprint density at radius 3 is 2.59 bits per heavy atom. The predicted molar refractivity (Wildman–Crippen MR) is 87.4 cm³/mol. The van der Waals surface area contributed by atoms with E-state index in [0.717, 1.165) is 32.4 Å². The Balaban J connectivity index is 1.73. The molecular weight excluding hydrogens is 278 g/mol. The molecule has 2 amide bonds. The molecule has 2 fully saturated rings. The minimum absolute atomic E-state index is 0.0567. The summed E-state index contributed by atoms with van der Waals surface area (Å²) in [5, 5.41) is 3.00. The molecule has 1 saturated carbocycles. The number of amides is 2. The van der Waals surface area contributed by atoms with Crippen molar-refractivity contribution in [1.29, 1.82) is 0 Å². The summed E-state index contributed by atoms with van der Waals surface area (Å²) in [6, 6.07) is 0.101. The van der Waals surface area contributed by atoms with Gasteiger partial charge in [0.25, 0.3) is 0 Å². The Kier molecular flexibility index (Phi) is 6.43. The standard InChI is InChI=1S/C17H29N3O2/c1-19(2)11-6-9-16(21)18-15-10-12-20(13-15)17(22)14-7-4-3-5-8-14/h6,9,14-15H,3-5,7-8,10-13H2,1-2H3,(H,18,21)/b9-6+. The molecule has 0 aromatic heterocycles. The summed E-state index contributed by atoms with van der Waals surface area (Å²) in [4.78, 5) is 28.3. The smallest absolute Gasteiger partial charge is 0.243 e. The van der Waals surface area contributed by atoms with E-state index in [1.165, 1.54) is 19.3 Å². The summed E-state index contributed by atoms with van der Waals surface area (Å²) in [6.45, 7) is 2.20. The van der Waals surface area contributed by atoms with Crippen LogP contribution in [0.25, 0.3) is 0 Å². The molecular formula is C17H29N3O2.